The van der Waals surface area contributed by atoms with Gasteiger partial charge in [0.15, 0.2) is 0 Å². The molecule has 2 aromatic rings. The molecule has 1 fully saturated rings. The van der Waals surface area contributed by atoms with E-state index in [-0.39, 0.29) is 5.91 Å². The number of amides is 1. The third kappa shape index (κ3) is 4.84. The van der Waals surface area contributed by atoms with Crippen LogP contribution in [0.2, 0.25) is 5.02 Å². The molecule has 1 aliphatic rings. The number of piperazine rings is 1. The average Bonchev–Trinajstić information content (AvgIpc) is 2.70. The minimum absolute atomic E-state index is 0.110. The molecule has 0 atom stereocenters. The molecule has 0 radical (unpaired) electrons. The molecule has 1 amide bonds. The number of halogens is 2. The number of alkyl halides is 1. The molecule has 0 aliphatic carbocycles. The summed E-state index contributed by atoms with van der Waals surface area (Å²) in [7, 11) is 0. The van der Waals surface area contributed by atoms with Crippen LogP contribution in [0.4, 0.5) is 5.82 Å². The third-order valence-electron chi connectivity index (χ3n) is 5.41. The van der Waals surface area contributed by atoms with Crippen molar-refractivity contribution in [3.05, 3.63) is 51.9 Å². The summed E-state index contributed by atoms with van der Waals surface area (Å²) < 4.78 is 0. The number of aryl methyl sites for hydroxylation is 2. The molecule has 29 heavy (non-hydrogen) atoms. The van der Waals surface area contributed by atoms with Gasteiger partial charge in [-0.15, -0.1) is 11.6 Å². The second-order valence-corrected chi connectivity index (χ2v) is 8.90. The molecule has 2 heterocycles. The first-order valence-corrected chi connectivity index (χ1v) is 10.8. The monoisotopic (exact) mass is 434 g/mol. The molecule has 0 unspecified atom stereocenters. The lowest BCUT2D eigenvalue weighted by Gasteiger charge is -2.39. The number of hydrogen-bond donors (Lipinski definition) is 0. The molecule has 7 heteroatoms. The Bertz CT molecular complexity index is 892. The van der Waals surface area contributed by atoms with Crippen molar-refractivity contribution < 1.29 is 4.79 Å². The summed E-state index contributed by atoms with van der Waals surface area (Å²) >= 11 is 12.4. The Labute approximate surface area is 183 Å². The summed E-state index contributed by atoms with van der Waals surface area (Å²) in [4.78, 5) is 26.2. The zero-order valence-corrected chi connectivity index (χ0v) is 19.0. The summed E-state index contributed by atoms with van der Waals surface area (Å²) in [5, 5.41) is 0.747. The summed E-state index contributed by atoms with van der Waals surface area (Å²) in [6.07, 6.45) is 0.680. The number of nitrogens with zero attached hydrogens (tertiary/aromatic N) is 4. The number of anilines is 1. The summed E-state index contributed by atoms with van der Waals surface area (Å²) in [5.41, 5.74) is 2.57. The topological polar surface area (TPSA) is 49.3 Å². The lowest BCUT2D eigenvalue weighted by Crippen LogP contribution is -2.53. The van der Waals surface area contributed by atoms with E-state index < -0.39 is 5.41 Å². The van der Waals surface area contributed by atoms with Gasteiger partial charge in [0.2, 0.25) is 5.91 Å². The molecule has 0 spiro atoms. The average molecular weight is 435 g/mol. The van der Waals surface area contributed by atoms with Crippen LogP contribution in [0.25, 0.3) is 0 Å². The van der Waals surface area contributed by atoms with Crippen molar-refractivity contribution in [2.75, 3.05) is 37.0 Å². The van der Waals surface area contributed by atoms with E-state index in [2.05, 4.69) is 9.88 Å². The fourth-order valence-electron chi connectivity index (χ4n) is 3.63. The van der Waals surface area contributed by atoms with Gasteiger partial charge in [0.1, 0.15) is 11.6 Å². The molecule has 1 aromatic carbocycles. The van der Waals surface area contributed by atoms with Crippen LogP contribution in [-0.2, 0) is 11.2 Å². The number of aromatic nitrogens is 2. The third-order valence-corrected chi connectivity index (χ3v) is 6.45. The van der Waals surface area contributed by atoms with Crippen molar-refractivity contribution in [2.24, 2.45) is 5.41 Å². The number of rotatable bonds is 5. The van der Waals surface area contributed by atoms with E-state index in [1.165, 1.54) is 0 Å². The molecular formula is C22H28Cl2N4O. The van der Waals surface area contributed by atoms with Gasteiger partial charge >= 0.3 is 0 Å². The van der Waals surface area contributed by atoms with Gasteiger partial charge in [0, 0.05) is 54.8 Å². The van der Waals surface area contributed by atoms with Crippen molar-refractivity contribution >= 4 is 34.9 Å². The zero-order chi connectivity index (χ0) is 21.2. The Morgan fingerprint density at radius 2 is 1.76 bits per heavy atom. The Kier molecular flexibility index (Phi) is 6.69. The van der Waals surface area contributed by atoms with Gasteiger partial charge in [-0.2, -0.15) is 0 Å². The molecule has 0 bridgehead atoms. The quantitative estimate of drug-likeness (QED) is 0.659. The SMILES string of the molecule is Cc1nc(C)c(Cc2ccccc2Cl)c(N2CCN(C(=O)C(C)(C)CCl)CC2)n1. The van der Waals surface area contributed by atoms with Crippen LogP contribution in [0.3, 0.4) is 0 Å². The summed E-state index contributed by atoms with van der Waals surface area (Å²) in [6.45, 7) is 10.5. The second-order valence-electron chi connectivity index (χ2n) is 8.22. The van der Waals surface area contributed by atoms with Crippen LogP contribution in [0.1, 0.15) is 36.5 Å². The lowest BCUT2D eigenvalue weighted by molar-refractivity contribution is -0.139. The van der Waals surface area contributed by atoms with E-state index in [0.29, 0.717) is 25.4 Å². The van der Waals surface area contributed by atoms with E-state index >= 15 is 0 Å². The van der Waals surface area contributed by atoms with Crippen molar-refractivity contribution in [3.63, 3.8) is 0 Å². The maximum atomic E-state index is 12.7. The first kappa shape index (κ1) is 21.8. The fraction of sp³-hybridized carbons (Fsp3) is 0.500. The van der Waals surface area contributed by atoms with E-state index in [1.807, 2.05) is 56.9 Å². The van der Waals surface area contributed by atoms with Crippen molar-refractivity contribution in [3.8, 4) is 0 Å². The highest BCUT2D eigenvalue weighted by Gasteiger charge is 2.33. The molecule has 0 N–H and O–H groups in total. The van der Waals surface area contributed by atoms with E-state index in [1.54, 1.807) is 0 Å². The van der Waals surface area contributed by atoms with E-state index in [9.17, 15) is 4.79 Å². The molecule has 0 saturated carbocycles. The van der Waals surface area contributed by atoms with Crippen LogP contribution in [-0.4, -0.2) is 52.8 Å². The van der Waals surface area contributed by atoms with Gasteiger partial charge in [-0.25, -0.2) is 9.97 Å². The summed E-state index contributed by atoms with van der Waals surface area (Å²) in [6, 6.07) is 7.87. The van der Waals surface area contributed by atoms with Crippen molar-refractivity contribution in [2.45, 2.75) is 34.1 Å². The predicted molar refractivity (Wildman–Crippen MR) is 119 cm³/mol. The standard InChI is InChI=1S/C22H28Cl2N4O/c1-15-18(13-17-7-5-6-8-19(17)24)20(26-16(2)25-15)27-9-11-28(12-10-27)21(29)22(3,4)14-23/h5-8H,9-14H2,1-4H3. The van der Waals surface area contributed by atoms with Crippen LogP contribution >= 0.6 is 23.2 Å². The van der Waals surface area contributed by atoms with E-state index in [4.69, 9.17) is 28.2 Å². The maximum absolute atomic E-state index is 12.7. The lowest BCUT2D eigenvalue weighted by atomic mass is 9.94. The van der Waals surface area contributed by atoms with Crippen LogP contribution in [0, 0.1) is 19.3 Å². The Hall–Kier alpha value is -1.85. The van der Waals surface area contributed by atoms with Crippen LogP contribution < -0.4 is 4.90 Å². The van der Waals surface area contributed by atoms with Crippen LogP contribution in [0.5, 0.6) is 0 Å². The first-order chi connectivity index (χ1) is 13.7. The smallest absolute Gasteiger partial charge is 0.229 e. The normalized spacial score (nSPS) is 15.0. The molecular weight excluding hydrogens is 407 g/mol. The minimum Gasteiger partial charge on any atom is -0.353 e. The van der Waals surface area contributed by atoms with Gasteiger partial charge < -0.3 is 9.80 Å². The van der Waals surface area contributed by atoms with Gasteiger partial charge in [-0.1, -0.05) is 29.8 Å². The predicted octanol–water partition coefficient (Wildman–Crippen LogP) is 4.25. The number of hydrogen-bond acceptors (Lipinski definition) is 4. The van der Waals surface area contributed by atoms with Crippen molar-refractivity contribution in [1.29, 1.82) is 0 Å². The number of benzene rings is 1. The van der Waals surface area contributed by atoms with Gasteiger partial charge in [-0.05, 0) is 39.3 Å². The number of carbonyl (C=O) groups excluding carboxylic acids is 1. The van der Waals surface area contributed by atoms with Gasteiger partial charge in [-0.3, -0.25) is 4.79 Å². The molecule has 5 nitrogen and oxygen atoms in total. The van der Waals surface area contributed by atoms with E-state index in [0.717, 1.165) is 46.6 Å². The second kappa shape index (κ2) is 8.88. The Balaban J connectivity index is 1.83. The minimum atomic E-state index is -0.541. The Morgan fingerprint density at radius 1 is 1.10 bits per heavy atom. The first-order valence-electron chi connectivity index (χ1n) is 9.90. The van der Waals surface area contributed by atoms with Gasteiger partial charge in [0.05, 0.1) is 5.41 Å². The molecule has 156 valence electrons. The highest BCUT2D eigenvalue weighted by Crippen LogP contribution is 2.28. The fourth-order valence-corrected chi connectivity index (χ4v) is 3.94. The molecule has 1 aromatic heterocycles. The summed E-state index contributed by atoms with van der Waals surface area (Å²) in [5.74, 6) is 2.12. The molecule has 3 rings (SSSR count). The largest absolute Gasteiger partial charge is 0.353 e. The van der Waals surface area contributed by atoms with Crippen LogP contribution in [0.15, 0.2) is 24.3 Å². The molecule has 1 aliphatic heterocycles. The maximum Gasteiger partial charge on any atom is 0.229 e. The Morgan fingerprint density at radius 3 is 2.38 bits per heavy atom. The number of carbonyl (C=O) groups is 1. The highest BCUT2D eigenvalue weighted by atomic mass is 35.5. The van der Waals surface area contributed by atoms with Gasteiger partial charge in [0.25, 0.3) is 0 Å². The zero-order valence-electron chi connectivity index (χ0n) is 17.5. The van der Waals surface area contributed by atoms with Crippen molar-refractivity contribution in [1.82, 2.24) is 14.9 Å². The molecule has 1 saturated heterocycles. The highest BCUT2D eigenvalue weighted by molar-refractivity contribution is 6.31.